The Labute approximate surface area is 68.3 Å². The molecule has 70 valence electrons. The molecule has 0 saturated carbocycles. The first-order valence-corrected chi connectivity index (χ1v) is 3.77. The Morgan fingerprint density at radius 3 is 2.42 bits per heavy atom. The largest absolute Gasteiger partial charge is 0.408 e. The zero-order valence-electron chi connectivity index (χ0n) is 6.69. The number of carbonyl (C=O) groups excluding carboxylic acids is 1. The lowest BCUT2D eigenvalue weighted by molar-refractivity contribution is -0.181. The number of halogens is 3. The molecule has 1 unspecified atom stereocenters. The minimum Gasteiger partial charge on any atom is -0.331 e. The van der Waals surface area contributed by atoms with Crippen LogP contribution >= 0.6 is 0 Å². The van der Waals surface area contributed by atoms with Crippen molar-refractivity contribution in [3.8, 4) is 0 Å². The van der Waals surface area contributed by atoms with E-state index in [4.69, 9.17) is 0 Å². The molecular weight excluding hydrogens is 171 g/mol. The molecule has 0 aromatic rings. The fourth-order valence-electron chi connectivity index (χ4n) is 1.48. The molecule has 0 bridgehead atoms. The van der Waals surface area contributed by atoms with Crippen LogP contribution in [0.4, 0.5) is 13.2 Å². The van der Waals surface area contributed by atoms with E-state index in [1.54, 1.807) is 0 Å². The molecule has 0 aromatic carbocycles. The van der Waals surface area contributed by atoms with Crippen molar-refractivity contribution in [2.24, 2.45) is 0 Å². The van der Waals surface area contributed by atoms with Crippen LogP contribution in [0, 0.1) is 0 Å². The van der Waals surface area contributed by atoms with E-state index in [-0.39, 0.29) is 13.0 Å². The molecule has 0 aliphatic carbocycles. The second-order valence-electron chi connectivity index (χ2n) is 2.91. The maximum absolute atomic E-state index is 12.2. The Balaban J connectivity index is 2.71. The standard InChI is InChI=1S/C7H10F3NO/c1-5(12)11-4-2-3-6(11)7(8,9)10/h6H,2-4H2,1H3. The molecule has 0 N–H and O–H groups in total. The van der Waals surface area contributed by atoms with E-state index in [0.29, 0.717) is 6.42 Å². The average Bonchev–Trinajstić information content (AvgIpc) is 2.30. The van der Waals surface area contributed by atoms with Gasteiger partial charge in [0.05, 0.1) is 0 Å². The van der Waals surface area contributed by atoms with Crippen LogP contribution in [0.15, 0.2) is 0 Å². The molecule has 1 atom stereocenters. The van der Waals surface area contributed by atoms with Crippen LogP contribution in [0.3, 0.4) is 0 Å². The Hall–Kier alpha value is -0.740. The van der Waals surface area contributed by atoms with Gasteiger partial charge in [0.1, 0.15) is 6.04 Å². The van der Waals surface area contributed by atoms with Crippen LogP contribution < -0.4 is 0 Å². The highest BCUT2D eigenvalue weighted by Gasteiger charge is 2.46. The molecule has 1 heterocycles. The molecule has 1 aliphatic heterocycles. The number of carbonyl (C=O) groups is 1. The van der Waals surface area contributed by atoms with Gasteiger partial charge in [0.2, 0.25) is 5.91 Å². The molecule has 5 heteroatoms. The third-order valence-electron chi connectivity index (χ3n) is 2.04. The van der Waals surface area contributed by atoms with E-state index >= 15 is 0 Å². The second-order valence-corrected chi connectivity index (χ2v) is 2.91. The van der Waals surface area contributed by atoms with Gasteiger partial charge in [0, 0.05) is 13.5 Å². The summed E-state index contributed by atoms with van der Waals surface area (Å²) in [5.74, 6) is -0.491. The summed E-state index contributed by atoms with van der Waals surface area (Å²) >= 11 is 0. The summed E-state index contributed by atoms with van der Waals surface area (Å²) in [7, 11) is 0. The highest BCUT2D eigenvalue weighted by Crippen LogP contribution is 2.32. The van der Waals surface area contributed by atoms with Crippen LogP contribution in [-0.2, 0) is 4.79 Å². The number of rotatable bonds is 0. The molecule has 1 amide bonds. The van der Waals surface area contributed by atoms with E-state index in [2.05, 4.69) is 0 Å². The summed E-state index contributed by atoms with van der Waals surface area (Å²) in [5, 5.41) is 0. The summed E-state index contributed by atoms with van der Waals surface area (Å²) in [4.78, 5) is 11.6. The number of alkyl halides is 3. The van der Waals surface area contributed by atoms with Gasteiger partial charge in [-0.15, -0.1) is 0 Å². The number of nitrogens with zero attached hydrogens (tertiary/aromatic N) is 1. The third kappa shape index (κ3) is 1.70. The number of hydrogen-bond donors (Lipinski definition) is 0. The smallest absolute Gasteiger partial charge is 0.331 e. The molecule has 1 rings (SSSR count). The summed E-state index contributed by atoms with van der Waals surface area (Å²) in [6, 6.07) is -1.55. The SMILES string of the molecule is CC(=O)N1CCCC1C(F)(F)F. The summed E-state index contributed by atoms with van der Waals surface area (Å²) in [6.07, 6.45) is -3.77. The summed E-state index contributed by atoms with van der Waals surface area (Å²) in [6.45, 7) is 1.41. The quantitative estimate of drug-likeness (QED) is 0.555. The topological polar surface area (TPSA) is 20.3 Å². The van der Waals surface area contributed by atoms with Gasteiger partial charge in [0.15, 0.2) is 0 Å². The van der Waals surface area contributed by atoms with Crippen molar-refractivity contribution >= 4 is 5.91 Å². The molecule has 0 radical (unpaired) electrons. The first kappa shape index (κ1) is 9.35. The fraction of sp³-hybridized carbons (Fsp3) is 0.857. The van der Waals surface area contributed by atoms with E-state index in [9.17, 15) is 18.0 Å². The van der Waals surface area contributed by atoms with Crippen molar-refractivity contribution < 1.29 is 18.0 Å². The number of likely N-dealkylation sites (tertiary alicyclic amines) is 1. The molecule has 1 saturated heterocycles. The number of amides is 1. The second kappa shape index (κ2) is 2.95. The predicted octanol–water partition coefficient (Wildman–Crippen LogP) is 1.56. The lowest BCUT2D eigenvalue weighted by Crippen LogP contribution is -2.43. The van der Waals surface area contributed by atoms with Crippen LogP contribution in [0.25, 0.3) is 0 Å². The maximum atomic E-state index is 12.2. The molecule has 2 nitrogen and oxygen atoms in total. The maximum Gasteiger partial charge on any atom is 0.408 e. The van der Waals surface area contributed by atoms with Gasteiger partial charge in [0.25, 0.3) is 0 Å². The predicted molar refractivity (Wildman–Crippen MR) is 36.5 cm³/mol. The monoisotopic (exact) mass is 181 g/mol. The number of hydrogen-bond acceptors (Lipinski definition) is 1. The van der Waals surface area contributed by atoms with Gasteiger partial charge in [-0.1, -0.05) is 0 Å². The molecule has 0 aromatic heterocycles. The Morgan fingerprint density at radius 1 is 1.50 bits per heavy atom. The first-order chi connectivity index (χ1) is 5.43. The minimum atomic E-state index is -4.26. The Bertz CT molecular complexity index is 190. The van der Waals surface area contributed by atoms with Gasteiger partial charge in [-0.2, -0.15) is 13.2 Å². The zero-order chi connectivity index (χ0) is 9.35. The Kier molecular flexibility index (Phi) is 2.30. The minimum absolute atomic E-state index is 0.0447. The van der Waals surface area contributed by atoms with Crippen molar-refractivity contribution in [3.63, 3.8) is 0 Å². The highest BCUT2D eigenvalue weighted by molar-refractivity contribution is 5.74. The van der Waals surface area contributed by atoms with Crippen LogP contribution in [0.5, 0.6) is 0 Å². The van der Waals surface area contributed by atoms with Gasteiger partial charge >= 0.3 is 6.18 Å². The highest BCUT2D eigenvalue weighted by atomic mass is 19.4. The van der Waals surface area contributed by atoms with Gasteiger partial charge in [-0.3, -0.25) is 4.79 Å². The van der Waals surface area contributed by atoms with Crippen LogP contribution in [0.1, 0.15) is 19.8 Å². The van der Waals surface area contributed by atoms with E-state index in [1.165, 1.54) is 6.92 Å². The summed E-state index contributed by atoms with van der Waals surface area (Å²) in [5.41, 5.74) is 0. The van der Waals surface area contributed by atoms with Crippen molar-refractivity contribution in [3.05, 3.63) is 0 Å². The average molecular weight is 181 g/mol. The lowest BCUT2D eigenvalue weighted by Gasteiger charge is -2.25. The zero-order valence-corrected chi connectivity index (χ0v) is 6.69. The molecule has 12 heavy (non-hydrogen) atoms. The normalized spacial score (nSPS) is 24.7. The van der Waals surface area contributed by atoms with Crippen molar-refractivity contribution in [2.75, 3.05) is 6.54 Å². The summed E-state index contributed by atoms with van der Waals surface area (Å²) < 4.78 is 36.5. The van der Waals surface area contributed by atoms with Crippen molar-refractivity contribution in [1.29, 1.82) is 0 Å². The fourth-order valence-corrected chi connectivity index (χ4v) is 1.48. The van der Waals surface area contributed by atoms with Crippen molar-refractivity contribution in [1.82, 2.24) is 4.90 Å². The Morgan fingerprint density at radius 2 is 2.08 bits per heavy atom. The van der Waals surface area contributed by atoms with Gasteiger partial charge < -0.3 is 4.90 Å². The molecule has 0 spiro atoms. The van der Waals surface area contributed by atoms with Crippen LogP contribution in [0.2, 0.25) is 0 Å². The molecule has 1 aliphatic rings. The molecule has 1 fully saturated rings. The lowest BCUT2D eigenvalue weighted by atomic mass is 10.2. The van der Waals surface area contributed by atoms with Crippen LogP contribution in [-0.4, -0.2) is 29.6 Å². The molecular formula is C7H10F3NO. The van der Waals surface area contributed by atoms with E-state index in [0.717, 1.165) is 4.90 Å². The van der Waals surface area contributed by atoms with Gasteiger partial charge in [-0.25, -0.2) is 0 Å². The first-order valence-electron chi connectivity index (χ1n) is 3.77. The third-order valence-corrected chi connectivity index (χ3v) is 2.04. The van der Waals surface area contributed by atoms with Gasteiger partial charge in [-0.05, 0) is 12.8 Å². The van der Waals surface area contributed by atoms with Crippen molar-refractivity contribution in [2.45, 2.75) is 32.0 Å². The van der Waals surface area contributed by atoms with E-state index < -0.39 is 18.1 Å². The van der Waals surface area contributed by atoms with E-state index in [1.807, 2.05) is 0 Å².